The van der Waals surface area contributed by atoms with Crippen molar-refractivity contribution >= 4 is 23.1 Å². The number of aliphatic hydroxyl groups excluding tert-OH is 1. The van der Waals surface area contributed by atoms with Gasteiger partial charge in [-0.2, -0.15) is 0 Å². The summed E-state index contributed by atoms with van der Waals surface area (Å²) in [6.07, 6.45) is 3.30. The summed E-state index contributed by atoms with van der Waals surface area (Å²) in [6, 6.07) is 15.2. The Morgan fingerprint density at radius 2 is 1.74 bits per heavy atom. The fourth-order valence-corrected chi connectivity index (χ4v) is 4.17. The minimum absolute atomic E-state index is 0.0173. The Bertz CT molecular complexity index is 1270. The molecule has 3 aromatic rings. The maximum absolute atomic E-state index is 13.3. The average Bonchev–Trinajstić information content (AvgIpc) is 3.13. The third-order valence-electron chi connectivity index (χ3n) is 6.00. The summed E-state index contributed by atoms with van der Waals surface area (Å²) in [5, 5.41) is 11.3. The number of aromatic nitrogens is 1. The number of ether oxygens (including phenoxy) is 2. The van der Waals surface area contributed by atoms with E-state index in [2.05, 4.69) is 4.98 Å². The minimum atomic E-state index is -0.778. The van der Waals surface area contributed by atoms with E-state index in [1.807, 2.05) is 49.3 Å². The smallest absolute Gasteiger partial charge is 0.295 e. The molecule has 8 heteroatoms. The highest BCUT2D eigenvalue weighted by Crippen LogP contribution is 2.41. The molecule has 1 aliphatic rings. The fourth-order valence-electron chi connectivity index (χ4n) is 4.17. The van der Waals surface area contributed by atoms with Gasteiger partial charge >= 0.3 is 0 Å². The van der Waals surface area contributed by atoms with Crippen LogP contribution in [-0.4, -0.2) is 55.0 Å². The lowest BCUT2D eigenvalue weighted by molar-refractivity contribution is -0.140. The molecule has 0 spiro atoms. The summed E-state index contributed by atoms with van der Waals surface area (Å²) in [5.41, 5.74) is 2.81. The van der Waals surface area contributed by atoms with E-state index in [1.165, 1.54) is 19.1 Å². The number of aliphatic hydroxyl groups is 1. The van der Waals surface area contributed by atoms with Gasteiger partial charge in [0.15, 0.2) is 11.5 Å². The van der Waals surface area contributed by atoms with Gasteiger partial charge in [0.1, 0.15) is 5.76 Å². The average molecular weight is 474 g/mol. The van der Waals surface area contributed by atoms with Crippen LogP contribution in [0.4, 0.5) is 5.69 Å². The predicted molar refractivity (Wildman–Crippen MR) is 132 cm³/mol. The van der Waals surface area contributed by atoms with Crippen molar-refractivity contribution in [3.63, 3.8) is 0 Å². The van der Waals surface area contributed by atoms with Crippen LogP contribution in [0.15, 0.2) is 72.6 Å². The molecule has 0 saturated carbocycles. The lowest BCUT2D eigenvalue weighted by atomic mass is 9.94. The van der Waals surface area contributed by atoms with Crippen molar-refractivity contribution in [1.29, 1.82) is 0 Å². The number of hydrogen-bond donors (Lipinski definition) is 1. The van der Waals surface area contributed by atoms with Gasteiger partial charge in [0.2, 0.25) is 0 Å². The van der Waals surface area contributed by atoms with Crippen LogP contribution in [0, 0.1) is 0 Å². The zero-order valence-corrected chi connectivity index (χ0v) is 20.1. The second-order valence-electron chi connectivity index (χ2n) is 8.34. The molecule has 2 aromatic carbocycles. The third kappa shape index (κ3) is 4.55. The number of anilines is 1. The molecule has 8 nitrogen and oxygen atoms in total. The number of carbonyl (C=O) groups is 2. The van der Waals surface area contributed by atoms with E-state index >= 15 is 0 Å². The normalized spacial score (nSPS) is 16.9. The molecule has 1 atom stereocenters. The van der Waals surface area contributed by atoms with Crippen molar-refractivity contribution in [2.75, 3.05) is 33.2 Å². The van der Waals surface area contributed by atoms with E-state index in [1.54, 1.807) is 36.7 Å². The number of nitrogens with zero attached hydrogens (tertiary/aromatic N) is 3. The third-order valence-corrected chi connectivity index (χ3v) is 6.00. The first-order valence-electron chi connectivity index (χ1n) is 11.0. The van der Waals surface area contributed by atoms with Crippen molar-refractivity contribution in [2.45, 2.75) is 12.6 Å². The van der Waals surface area contributed by atoms with Crippen LogP contribution in [0.1, 0.15) is 22.7 Å². The molecule has 1 unspecified atom stereocenters. The molecule has 0 aliphatic carbocycles. The molecule has 180 valence electrons. The number of methoxy groups -OCH3 is 2. The van der Waals surface area contributed by atoms with Crippen LogP contribution in [-0.2, 0) is 16.1 Å². The summed E-state index contributed by atoms with van der Waals surface area (Å²) >= 11 is 0. The summed E-state index contributed by atoms with van der Waals surface area (Å²) in [4.78, 5) is 34.0. The monoisotopic (exact) mass is 473 g/mol. The minimum Gasteiger partial charge on any atom is -0.507 e. The Morgan fingerprint density at radius 3 is 2.34 bits per heavy atom. The molecule has 0 bridgehead atoms. The van der Waals surface area contributed by atoms with Gasteiger partial charge < -0.3 is 24.4 Å². The number of Topliss-reactive ketones (excluding diaryl/α,β-unsaturated/α-hetero) is 1. The number of likely N-dealkylation sites (tertiary alicyclic amines) is 1. The van der Waals surface area contributed by atoms with Gasteiger partial charge in [-0.15, -0.1) is 0 Å². The van der Waals surface area contributed by atoms with Gasteiger partial charge in [-0.3, -0.25) is 14.6 Å². The first-order valence-corrected chi connectivity index (χ1v) is 11.0. The second-order valence-corrected chi connectivity index (χ2v) is 8.34. The van der Waals surface area contributed by atoms with Crippen LogP contribution in [0.25, 0.3) is 5.76 Å². The summed E-state index contributed by atoms with van der Waals surface area (Å²) in [6.45, 7) is 0.168. The second kappa shape index (κ2) is 9.89. The topological polar surface area (TPSA) is 92.2 Å². The number of ketones is 1. The van der Waals surface area contributed by atoms with Crippen LogP contribution >= 0.6 is 0 Å². The molecule has 35 heavy (non-hydrogen) atoms. The molecular formula is C27H27N3O5. The van der Waals surface area contributed by atoms with E-state index in [0.717, 1.165) is 11.3 Å². The molecule has 1 amide bonds. The molecule has 1 saturated heterocycles. The van der Waals surface area contributed by atoms with Crippen LogP contribution in [0.5, 0.6) is 11.5 Å². The number of carbonyl (C=O) groups excluding carboxylic acids is 2. The highest BCUT2D eigenvalue weighted by molar-refractivity contribution is 6.46. The molecule has 0 radical (unpaired) electrons. The van der Waals surface area contributed by atoms with Gasteiger partial charge in [0.25, 0.3) is 11.7 Å². The first kappa shape index (κ1) is 23.8. The van der Waals surface area contributed by atoms with Crippen LogP contribution < -0.4 is 14.4 Å². The van der Waals surface area contributed by atoms with Crippen LogP contribution in [0.3, 0.4) is 0 Å². The van der Waals surface area contributed by atoms with Crippen molar-refractivity contribution in [3.05, 3.63) is 89.3 Å². The summed E-state index contributed by atoms with van der Waals surface area (Å²) < 4.78 is 10.6. The Kier molecular flexibility index (Phi) is 6.73. The molecule has 1 fully saturated rings. The molecular weight excluding hydrogens is 446 g/mol. The molecule has 1 aromatic heterocycles. The molecule has 1 N–H and O–H groups in total. The van der Waals surface area contributed by atoms with Crippen molar-refractivity contribution in [2.24, 2.45) is 0 Å². The largest absolute Gasteiger partial charge is 0.507 e. The van der Waals surface area contributed by atoms with E-state index in [-0.39, 0.29) is 17.9 Å². The van der Waals surface area contributed by atoms with Gasteiger partial charge in [0.05, 0.1) is 25.8 Å². The van der Waals surface area contributed by atoms with Crippen LogP contribution in [0.2, 0.25) is 0 Å². The summed E-state index contributed by atoms with van der Waals surface area (Å²) in [5.74, 6) is -0.829. The van der Waals surface area contributed by atoms with Gasteiger partial charge in [-0.05, 0) is 47.5 Å². The van der Waals surface area contributed by atoms with Gasteiger partial charge in [-0.1, -0.05) is 18.2 Å². The number of benzene rings is 2. The first-order chi connectivity index (χ1) is 16.8. The Balaban J connectivity index is 1.86. The highest BCUT2D eigenvalue weighted by Gasteiger charge is 2.46. The lowest BCUT2D eigenvalue weighted by Crippen LogP contribution is -2.29. The van der Waals surface area contributed by atoms with Crippen molar-refractivity contribution in [1.82, 2.24) is 9.88 Å². The van der Waals surface area contributed by atoms with Gasteiger partial charge in [0, 0.05) is 44.3 Å². The number of amides is 1. The Labute approximate surface area is 204 Å². The Hall–Kier alpha value is -4.33. The highest BCUT2D eigenvalue weighted by atomic mass is 16.5. The van der Waals surface area contributed by atoms with Crippen molar-refractivity contribution in [3.8, 4) is 11.5 Å². The molecule has 4 rings (SSSR count). The number of rotatable bonds is 7. The fraction of sp³-hybridized carbons (Fsp3) is 0.222. The number of pyridine rings is 1. The zero-order chi connectivity index (χ0) is 25.1. The molecule has 2 heterocycles. The molecule has 1 aliphatic heterocycles. The zero-order valence-electron chi connectivity index (χ0n) is 20.1. The standard InChI is InChI=1S/C27H27N3O5/c1-29(2)20-10-7-18(8-11-20)24-23(25(31)19-9-12-21(34-3)22(14-19)35-4)26(32)27(33)30(24)16-17-6-5-13-28-15-17/h5-15,24,31H,16H2,1-4H3/b25-23-. The maximum atomic E-state index is 13.3. The number of hydrogen-bond acceptors (Lipinski definition) is 7. The van der Waals surface area contributed by atoms with Gasteiger partial charge in [-0.25, -0.2) is 0 Å². The predicted octanol–water partition coefficient (Wildman–Crippen LogP) is 3.79. The van der Waals surface area contributed by atoms with E-state index < -0.39 is 17.7 Å². The maximum Gasteiger partial charge on any atom is 0.295 e. The van der Waals surface area contributed by atoms with E-state index in [9.17, 15) is 14.7 Å². The van der Waals surface area contributed by atoms with E-state index in [4.69, 9.17) is 9.47 Å². The summed E-state index contributed by atoms with van der Waals surface area (Å²) in [7, 11) is 6.86. The van der Waals surface area contributed by atoms with Crippen molar-refractivity contribution < 1.29 is 24.2 Å². The SMILES string of the molecule is COc1ccc(/C(O)=C2/C(=O)C(=O)N(Cc3cccnc3)C2c2ccc(N(C)C)cc2)cc1OC. The quantitative estimate of drug-likeness (QED) is 0.317. The van der Waals surface area contributed by atoms with E-state index in [0.29, 0.717) is 22.6 Å². The lowest BCUT2D eigenvalue weighted by Gasteiger charge is -2.26. The Morgan fingerprint density at radius 1 is 1.03 bits per heavy atom.